The molecule has 0 bridgehead atoms. The smallest absolute Gasteiger partial charge is 0.258 e. The van der Waals surface area contributed by atoms with Gasteiger partial charge in [-0.2, -0.15) is 10.2 Å². The van der Waals surface area contributed by atoms with E-state index in [0.717, 1.165) is 16.8 Å². The van der Waals surface area contributed by atoms with Gasteiger partial charge in [-0.1, -0.05) is 5.16 Å². The van der Waals surface area contributed by atoms with Crippen LogP contribution in [0.15, 0.2) is 53.4 Å². The van der Waals surface area contributed by atoms with Crippen molar-refractivity contribution in [1.82, 2.24) is 24.7 Å². The summed E-state index contributed by atoms with van der Waals surface area (Å²) in [6.45, 7) is 0. The molecule has 3 heterocycles. The molecule has 4 rings (SSSR count). The molecule has 22 heavy (non-hydrogen) atoms. The molecule has 0 aliphatic carbocycles. The number of aromatic nitrogens is 5. The van der Waals surface area contributed by atoms with Crippen LogP contribution >= 0.6 is 0 Å². The Kier molecular flexibility index (Phi) is 2.66. The van der Waals surface area contributed by atoms with E-state index in [9.17, 15) is 0 Å². The molecule has 0 amide bonds. The molecule has 0 saturated carbocycles. The van der Waals surface area contributed by atoms with Crippen molar-refractivity contribution in [2.75, 3.05) is 0 Å². The van der Waals surface area contributed by atoms with E-state index in [0.29, 0.717) is 17.3 Å². The van der Waals surface area contributed by atoms with Gasteiger partial charge < -0.3 is 4.52 Å². The quantitative estimate of drug-likeness (QED) is 0.562. The van der Waals surface area contributed by atoms with Crippen molar-refractivity contribution < 1.29 is 4.52 Å². The van der Waals surface area contributed by atoms with E-state index in [1.165, 1.54) is 0 Å². The Morgan fingerprint density at radius 1 is 1.05 bits per heavy atom. The van der Waals surface area contributed by atoms with Crippen LogP contribution in [-0.2, 0) is 0 Å². The Hall–Kier alpha value is -3.53. The summed E-state index contributed by atoms with van der Waals surface area (Å²) in [5, 5.41) is 20.6. The lowest BCUT2D eigenvalue weighted by Gasteiger charge is -1.95. The van der Waals surface area contributed by atoms with Crippen molar-refractivity contribution in [2.24, 2.45) is 0 Å². The molecule has 0 saturated heterocycles. The van der Waals surface area contributed by atoms with Gasteiger partial charge in [-0.25, -0.2) is 0 Å². The molecule has 7 heteroatoms. The summed E-state index contributed by atoms with van der Waals surface area (Å²) >= 11 is 0. The third-order valence-electron chi connectivity index (χ3n) is 3.24. The lowest BCUT2D eigenvalue weighted by molar-refractivity contribution is 0.432. The molecule has 0 atom stereocenters. The van der Waals surface area contributed by atoms with Crippen molar-refractivity contribution in [1.29, 1.82) is 5.26 Å². The Labute approximate surface area is 124 Å². The number of rotatable bonds is 2. The van der Waals surface area contributed by atoms with E-state index in [1.54, 1.807) is 35.0 Å². The summed E-state index contributed by atoms with van der Waals surface area (Å²) in [6.07, 6.45) is 3.45. The maximum atomic E-state index is 8.81. The molecule has 0 spiro atoms. The summed E-state index contributed by atoms with van der Waals surface area (Å²) in [4.78, 5) is 4.38. The van der Waals surface area contributed by atoms with Gasteiger partial charge in [-0.05, 0) is 36.4 Å². The minimum atomic E-state index is 0.406. The van der Waals surface area contributed by atoms with E-state index in [1.807, 2.05) is 18.3 Å². The lowest BCUT2D eigenvalue weighted by Crippen LogP contribution is -1.87. The summed E-state index contributed by atoms with van der Waals surface area (Å²) in [6, 6.07) is 12.7. The first-order valence-corrected chi connectivity index (χ1v) is 6.47. The van der Waals surface area contributed by atoms with Crippen molar-refractivity contribution in [2.45, 2.75) is 0 Å². The number of fused-ring (bicyclic) bond motifs is 1. The second-order valence-electron chi connectivity index (χ2n) is 4.63. The molecule has 4 aromatic rings. The Morgan fingerprint density at radius 2 is 1.86 bits per heavy atom. The monoisotopic (exact) mass is 288 g/mol. The maximum absolute atomic E-state index is 8.81. The molecular formula is C15H8N6O. The fraction of sp³-hybridized carbons (Fsp3) is 0. The fourth-order valence-electron chi connectivity index (χ4n) is 2.11. The highest BCUT2D eigenvalue weighted by molar-refractivity contribution is 5.61. The van der Waals surface area contributed by atoms with E-state index in [4.69, 9.17) is 9.78 Å². The number of hydrogen-bond acceptors (Lipinski definition) is 6. The van der Waals surface area contributed by atoms with Crippen LogP contribution in [0.5, 0.6) is 0 Å². The molecule has 0 unspecified atom stereocenters. The maximum Gasteiger partial charge on any atom is 0.258 e. The predicted molar refractivity (Wildman–Crippen MR) is 76.4 cm³/mol. The summed E-state index contributed by atoms with van der Waals surface area (Å²) in [5.41, 5.74) is 2.90. The molecule has 0 fully saturated rings. The highest BCUT2D eigenvalue weighted by Gasteiger charge is 2.11. The van der Waals surface area contributed by atoms with Gasteiger partial charge >= 0.3 is 0 Å². The first kappa shape index (κ1) is 12.2. The number of benzene rings is 1. The van der Waals surface area contributed by atoms with E-state index in [-0.39, 0.29) is 0 Å². The molecule has 7 nitrogen and oxygen atoms in total. The SMILES string of the molecule is N#Cc1ccc(-c2nc(-c3ccc4nncn4c3)no2)cc1. The molecule has 0 radical (unpaired) electrons. The third kappa shape index (κ3) is 1.99. The highest BCUT2D eigenvalue weighted by atomic mass is 16.5. The van der Waals surface area contributed by atoms with Gasteiger partial charge in [0.25, 0.3) is 5.89 Å². The summed E-state index contributed by atoms with van der Waals surface area (Å²) < 4.78 is 7.07. The van der Waals surface area contributed by atoms with E-state index >= 15 is 0 Å². The number of nitrogens with zero attached hydrogens (tertiary/aromatic N) is 6. The molecule has 3 aromatic heterocycles. The summed E-state index contributed by atoms with van der Waals surface area (Å²) in [5.74, 6) is 0.887. The largest absolute Gasteiger partial charge is 0.334 e. The molecule has 1 aromatic carbocycles. The zero-order chi connectivity index (χ0) is 14.9. The van der Waals surface area contributed by atoms with Gasteiger partial charge in [0.1, 0.15) is 6.33 Å². The highest BCUT2D eigenvalue weighted by Crippen LogP contribution is 2.22. The second-order valence-corrected chi connectivity index (χ2v) is 4.63. The number of pyridine rings is 1. The number of nitriles is 1. The van der Waals surface area contributed by atoms with Gasteiger partial charge in [0, 0.05) is 17.3 Å². The minimum Gasteiger partial charge on any atom is -0.334 e. The van der Waals surface area contributed by atoms with Crippen LogP contribution in [0.25, 0.3) is 28.5 Å². The van der Waals surface area contributed by atoms with Crippen molar-refractivity contribution >= 4 is 5.65 Å². The predicted octanol–water partition coefficient (Wildman–Crippen LogP) is 2.32. The van der Waals surface area contributed by atoms with Gasteiger partial charge in [0.15, 0.2) is 5.65 Å². The van der Waals surface area contributed by atoms with Crippen LogP contribution in [0.1, 0.15) is 5.56 Å². The van der Waals surface area contributed by atoms with Crippen molar-refractivity contribution in [3.05, 3.63) is 54.5 Å². The van der Waals surface area contributed by atoms with Gasteiger partial charge in [0.2, 0.25) is 5.82 Å². The first-order chi connectivity index (χ1) is 10.8. The molecule has 0 N–H and O–H groups in total. The molecule has 0 aliphatic heterocycles. The van der Waals surface area contributed by atoms with E-state index in [2.05, 4.69) is 26.4 Å². The Morgan fingerprint density at radius 3 is 2.68 bits per heavy atom. The number of hydrogen-bond donors (Lipinski definition) is 0. The molecule has 0 aliphatic rings. The van der Waals surface area contributed by atoms with E-state index < -0.39 is 0 Å². The van der Waals surface area contributed by atoms with Crippen LogP contribution in [0.4, 0.5) is 0 Å². The van der Waals surface area contributed by atoms with Crippen molar-refractivity contribution in [3.63, 3.8) is 0 Å². The van der Waals surface area contributed by atoms with Crippen LogP contribution in [0.3, 0.4) is 0 Å². The minimum absolute atomic E-state index is 0.406. The van der Waals surface area contributed by atoms with Crippen molar-refractivity contribution in [3.8, 4) is 28.9 Å². The topological polar surface area (TPSA) is 92.9 Å². The Balaban J connectivity index is 1.72. The van der Waals surface area contributed by atoms with Gasteiger partial charge in [0.05, 0.1) is 11.6 Å². The van der Waals surface area contributed by atoms with Crippen LogP contribution < -0.4 is 0 Å². The zero-order valence-corrected chi connectivity index (χ0v) is 11.2. The first-order valence-electron chi connectivity index (χ1n) is 6.47. The fourth-order valence-corrected chi connectivity index (χ4v) is 2.11. The average Bonchev–Trinajstić information content (AvgIpc) is 3.23. The van der Waals surface area contributed by atoms with Crippen LogP contribution in [0.2, 0.25) is 0 Å². The summed E-state index contributed by atoms with van der Waals surface area (Å²) in [7, 11) is 0. The lowest BCUT2D eigenvalue weighted by atomic mass is 10.1. The standard InChI is InChI=1S/C15H8N6O/c16-7-10-1-3-11(4-2-10)15-18-14(20-22-15)12-5-6-13-19-17-9-21(13)8-12/h1-6,8-9H. The Bertz CT molecular complexity index is 993. The van der Waals surface area contributed by atoms with Gasteiger partial charge in [-0.15, -0.1) is 10.2 Å². The second kappa shape index (κ2) is 4.79. The third-order valence-corrected chi connectivity index (χ3v) is 3.24. The normalized spacial score (nSPS) is 10.7. The van der Waals surface area contributed by atoms with Gasteiger partial charge in [-0.3, -0.25) is 4.40 Å². The zero-order valence-electron chi connectivity index (χ0n) is 11.2. The molecular weight excluding hydrogens is 280 g/mol. The van der Waals surface area contributed by atoms with Crippen LogP contribution in [0, 0.1) is 11.3 Å². The molecule has 104 valence electrons. The van der Waals surface area contributed by atoms with Crippen LogP contribution in [-0.4, -0.2) is 24.7 Å². The average molecular weight is 288 g/mol.